The summed E-state index contributed by atoms with van der Waals surface area (Å²) in [5, 5.41) is 0.548. The van der Waals surface area contributed by atoms with Crippen molar-refractivity contribution in [2.45, 2.75) is 27.2 Å². The summed E-state index contributed by atoms with van der Waals surface area (Å²) in [5.41, 5.74) is 2.89. The number of benzene rings is 1. The Morgan fingerprint density at radius 3 is 2.52 bits per heavy atom. The first-order chi connectivity index (χ1) is 9.99. The van der Waals surface area contributed by atoms with E-state index in [-0.39, 0.29) is 11.4 Å². The van der Waals surface area contributed by atoms with Crippen LogP contribution < -0.4 is 14.9 Å². The molecule has 0 N–H and O–H groups in total. The van der Waals surface area contributed by atoms with Gasteiger partial charge in [0.1, 0.15) is 11.3 Å². The van der Waals surface area contributed by atoms with Gasteiger partial charge < -0.3 is 13.9 Å². The second-order valence-corrected chi connectivity index (χ2v) is 5.15. The van der Waals surface area contributed by atoms with E-state index in [2.05, 4.69) is 0 Å². The van der Waals surface area contributed by atoms with E-state index in [1.807, 2.05) is 26.8 Å². The molecule has 1 heterocycles. The number of allylic oxidation sites excluding steroid dienone is 2. The first-order valence-corrected chi connectivity index (χ1v) is 6.80. The molecule has 0 amide bonds. The monoisotopic (exact) mass is 288 g/mol. The van der Waals surface area contributed by atoms with Gasteiger partial charge in [-0.05, 0) is 32.9 Å². The van der Waals surface area contributed by atoms with E-state index in [1.165, 1.54) is 7.11 Å². The molecule has 1 aromatic heterocycles. The van der Waals surface area contributed by atoms with Crippen LogP contribution in [0, 0.1) is 6.92 Å². The van der Waals surface area contributed by atoms with E-state index >= 15 is 0 Å². The summed E-state index contributed by atoms with van der Waals surface area (Å²) in [6.07, 6.45) is 2.47. The fourth-order valence-electron chi connectivity index (χ4n) is 2.31. The van der Waals surface area contributed by atoms with Gasteiger partial charge in [-0.3, -0.25) is 4.79 Å². The van der Waals surface area contributed by atoms with Crippen LogP contribution in [0.2, 0.25) is 0 Å². The number of rotatable bonds is 4. The lowest BCUT2D eigenvalue weighted by Gasteiger charge is -2.11. The van der Waals surface area contributed by atoms with E-state index in [0.717, 1.165) is 11.1 Å². The third kappa shape index (κ3) is 2.79. The fraction of sp³-hybridized carbons (Fsp3) is 0.353. The Morgan fingerprint density at radius 2 is 1.95 bits per heavy atom. The van der Waals surface area contributed by atoms with Crippen molar-refractivity contribution in [1.82, 2.24) is 0 Å². The Morgan fingerprint density at radius 1 is 1.24 bits per heavy atom. The van der Waals surface area contributed by atoms with Crippen molar-refractivity contribution in [3.8, 4) is 11.7 Å². The summed E-state index contributed by atoms with van der Waals surface area (Å²) in [6, 6.07) is 3.52. The number of hydrogen-bond donors (Lipinski definition) is 0. The summed E-state index contributed by atoms with van der Waals surface area (Å²) in [4.78, 5) is 12.8. The van der Waals surface area contributed by atoms with Crippen molar-refractivity contribution in [3.05, 3.63) is 45.1 Å². The van der Waals surface area contributed by atoms with Crippen molar-refractivity contribution in [2.75, 3.05) is 14.2 Å². The molecule has 0 bridgehead atoms. The molecule has 0 saturated carbocycles. The van der Waals surface area contributed by atoms with E-state index in [0.29, 0.717) is 28.7 Å². The molecule has 0 saturated heterocycles. The molecule has 0 aliphatic rings. The highest BCUT2D eigenvalue weighted by atomic mass is 16.6. The van der Waals surface area contributed by atoms with Gasteiger partial charge in [-0.2, -0.15) is 0 Å². The zero-order valence-corrected chi connectivity index (χ0v) is 13.1. The van der Waals surface area contributed by atoms with Gasteiger partial charge in [0.2, 0.25) is 5.43 Å². The van der Waals surface area contributed by atoms with Gasteiger partial charge in [-0.15, -0.1) is 0 Å². The van der Waals surface area contributed by atoms with Gasteiger partial charge in [-0.25, -0.2) is 0 Å². The Labute approximate surface area is 124 Å². The maximum Gasteiger partial charge on any atom is 0.292 e. The molecule has 112 valence electrons. The Balaban J connectivity index is 2.78. The van der Waals surface area contributed by atoms with Gasteiger partial charge in [-0.1, -0.05) is 11.6 Å². The highest BCUT2D eigenvalue weighted by Crippen LogP contribution is 2.29. The Bertz CT molecular complexity index is 749. The summed E-state index contributed by atoms with van der Waals surface area (Å²) < 4.78 is 16.2. The number of methoxy groups -OCH3 is 2. The van der Waals surface area contributed by atoms with Crippen molar-refractivity contribution in [2.24, 2.45) is 0 Å². The third-order valence-electron chi connectivity index (χ3n) is 3.45. The van der Waals surface area contributed by atoms with Crippen LogP contribution in [0.25, 0.3) is 11.0 Å². The number of hydrogen-bond acceptors (Lipinski definition) is 4. The molecule has 0 radical (unpaired) electrons. The smallest absolute Gasteiger partial charge is 0.292 e. The predicted octanol–water partition coefficient (Wildman–Crippen LogP) is 3.63. The van der Waals surface area contributed by atoms with Crippen molar-refractivity contribution < 1.29 is 13.9 Å². The fourth-order valence-corrected chi connectivity index (χ4v) is 2.31. The molecule has 21 heavy (non-hydrogen) atoms. The zero-order valence-electron chi connectivity index (χ0n) is 13.1. The molecule has 2 aromatic rings. The van der Waals surface area contributed by atoms with E-state index in [4.69, 9.17) is 13.9 Å². The van der Waals surface area contributed by atoms with E-state index < -0.39 is 0 Å². The lowest BCUT2D eigenvalue weighted by atomic mass is 10.0. The van der Waals surface area contributed by atoms with Crippen LogP contribution in [0.5, 0.6) is 11.7 Å². The van der Waals surface area contributed by atoms with Crippen LogP contribution in [-0.4, -0.2) is 14.2 Å². The standard InChI is InChI=1S/C17H20O4/c1-10(2)6-7-12-16(18)15-11(3)13(19-4)8-9-14(15)21-17(12)20-5/h6,8-9H,7H2,1-5H3. The van der Waals surface area contributed by atoms with Crippen LogP contribution in [0.1, 0.15) is 25.0 Å². The second-order valence-electron chi connectivity index (χ2n) is 5.15. The van der Waals surface area contributed by atoms with Gasteiger partial charge in [0.25, 0.3) is 5.95 Å². The highest BCUT2D eigenvalue weighted by molar-refractivity contribution is 5.83. The van der Waals surface area contributed by atoms with E-state index in [9.17, 15) is 4.79 Å². The molecule has 0 spiro atoms. The maximum atomic E-state index is 12.8. The number of aryl methyl sites for hydroxylation is 1. The van der Waals surface area contributed by atoms with Crippen molar-refractivity contribution in [1.29, 1.82) is 0 Å². The average molecular weight is 288 g/mol. The first-order valence-electron chi connectivity index (χ1n) is 6.80. The molecule has 2 rings (SSSR count). The minimum Gasteiger partial charge on any atom is -0.496 e. The van der Waals surface area contributed by atoms with Gasteiger partial charge in [0.05, 0.1) is 25.2 Å². The normalized spacial score (nSPS) is 10.5. The predicted molar refractivity (Wildman–Crippen MR) is 83.5 cm³/mol. The van der Waals surface area contributed by atoms with Crippen LogP contribution in [0.15, 0.2) is 33.0 Å². The lowest BCUT2D eigenvalue weighted by molar-refractivity contribution is 0.305. The highest BCUT2D eigenvalue weighted by Gasteiger charge is 2.17. The Hall–Kier alpha value is -2.23. The quantitative estimate of drug-likeness (QED) is 0.806. The van der Waals surface area contributed by atoms with Crippen LogP contribution >= 0.6 is 0 Å². The molecule has 0 aliphatic heterocycles. The molecule has 4 nitrogen and oxygen atoms in total. The zero-order chi connectivity index (χ0) is 15.6. The molecular formula is C17H20O4. The molecule has 0 aliphatic carbocycles. The van der Waals surface area contributed by atoms with Crippen LogP contribution in [0.4, 0.5) is 0 Å². The molecule has 0 fully saturated rings. The third-order valence-corrected chi connectivity index (χ3v) is 3.45. The molecule has 0 atom stereocenters. The molecule has 4 heteroatoms. The first kappa shape index (κ1) is 15.2. The topological polar surface area (TPSA) is 48.7 Å². The number of ether oxygens (including phenoxy) is 2. The van der Waals surface area contributed by atoms with Crippen LogP contribution in [-0.2, 0) is 6.42 Å². The van der Waals surface area contributed by atoms with Crippen molar-refractivity contribution in [3.63, 3.8) is 0 Å². The molecule has 1 aromatic carbocycles. The minimum atomic E-state index is -0.0676. The van der Waals surface area contributed by atoms with Gasteiger partial charge in [0.15, 0.2) is 0 Å². The van der Waals surface area contributed by atoms with E-state index in [1.54, 1.807) is 19.2 Å². The summed E-state index contributed by atoms with van der Waals surface area (Å²) >= 11 is 0. The summed E-state index contributed by atoms with van der Waals surface area (Å²) in [6.45, 7) is 5.84. The largest absolute Gasteiger partial charge is 0.496 e. The molecular weight excluding hydrogens is 268 g/mol. The summed E-state index contributed by atoms with van der Waals surface area (Å²) in [7, 11) is 3.09. The summed E-state index contributed by atoms with van der Waals surface area (Å²) in [5.74, 6) is 0.947. The number of fused-ring (bicyclic) bond motifs is 1. The minimum absolute atomic E-state index is 0.0676. The van der Waals surface area contributed by atoms with Gasteiger partial charge in [0, 0.05) is 12.0 Å². The van der Waals surface area contributed by atoms with Gasteiger partial charge >= 0.3 is 0 Å². The second kappa shape index (κ2) is 6.04. The SMILES string of the molecule is COc1ccc2oc(OC)c(CC=C(C)C)c(=O)c2c1C. The van der Waals surface area contributed by atoms with Crippen LogP contribution in [0.3, 0.4) is 0 Å². The van der Waals surface area contributed by atoms with Crippen molar-refractivity contribution >= 4 is 11.0 Å². The lowest BCUT2D eigenvalue weighted by Crippen LogP contribution is -2.12. The average Bonchev–Trinajstić information content (AvgIpc) is 2.45. The maximum absolute atomic E-state index is 12.8. The molecule has 0 unspecified atom stereocenters. The Kier molecular flexibility index (Phi) is 4.36.